The molecule has 0 saturated carbocycles. The van der Waals surface area contributed by atoms with E-state index in [2.05, 4.69) is 25.6 Å². The topological polar surface area (TPSA) is 152 Å². The largest absolute Gasteiger partial charge is 0.493 e. The highest BCUT2D eigenvalue weighted by Gasteiger charge is 2.24. The number of rotatable bonds is 4. The summed E-state index contributed by atoms with van der Waals surface area (Å²) in [5.41, 5.74) is 3.57. The number of hydrogen-bond donors (Lipinski definition) is 3. The Morgan fingerprint density at radius 1 is 1.08 bits per heavy atom. The fourth-order valence-electron chi connectivity index (χ4n) is 5.78. The van der Waals surface area contributed by atoms with E-state index in [0.29, 0.717) is 72.5 Å². The van der Waals surface area contributed by atoms with Gasteiger partial charge in [0.25, 0.3) is 5.91 Å². The smallest absolute Gasteiger partial charge is 0.255 e. The van der Waals surface area contributed by atoms with E-state index in [1.165, 1.54) is 6.20 Å². The van der Waals surface area contributed by atoms with Crippen LogP contribution in [0.2, 0.25) is 0 Å². The Labute approximate surface area is 277 Å². The van der Waals surface area contributed by atoms with Crippen LogP contribution in [0.4, 0.5) is 0 Å². The van der Waals surface area contributed by atoms with Crippen molar-refractivity contribution >= 4 is 28.6 Å². The first kappa shape index (κ1) is 32.3. The predicted octanol–water partition coefficient (Wildman–Crippen LogP) is 4.58. The first-order valence-corrected chi connectivity index (χ1v) is 16.0. The zero-order valence-electron chi connectivity index (χ0n) is 27.0. The fourth-order valence-corrected chi connectivity index (χ4v) is 5.78. The van der Waals surface area contributed by atoms with Crippen LogP contribution in [0, 0.1) is 6.92 Å². The van der Waals surface area contributed by atoms with Gasteiger partial charge >= 0.3 is 0 Å². The van der Waals surface area contributed by atoms with Gasteiger partial charge in [0.2, 0.25) is 17.7 Å². The summed E-state index contributed by atoms with van der Waals surface area (Å²) in [4.78, 5) is 54.1. The summed E-state index contributed by atoms with van der Waals surface area (Å²) in [5.74, 6) is 1.19. The number of ether oxygens (including phenoxy) is 2. The maximum absolute atomic E-state index is 13.7. The molecule has 0 spiro atoms. The molecular formula is C36H38N6O6. The number of aryl methyl sites for hydroxylation is 1. The van der Waals surface area contributed by atoms with E-state index in [0.717, 1.165) is 16.5 Å². The number of H-pyrrole nitrogens is 1. The van der Waals surface area contributed by atoms with Gasteiger partial charge in [-0.3, -0.25) is 19.4 Å². The first-order valence-electron chi connectivity index (χ1n) is 16.0. The zero-order valence-corrected chi connectivity index (χ0v) is 27.0. The Hall–Kier alpha value is -5.65. The summed E-state index contributed by atoms with van der Waals surface area (Å²) in [5, 5.41) is 6.87. The second-order valence-corrected chi connectivity index (χ2v) is 11.6. The average molecular weight is 651 g/mol. The van der Waals surface area contributed by atoms with Crippen molar-refractivity contribution in [1.29, 1.82) is 0 Å². The highest BCUT2D eigenvalue weighted by molar-refractivity contribution is 5.94. The van der Waals surface area contributed by atoms with E-state index in [4.69, 9.17) is 13.9 Å². The fraction of sp³-hybridized carbons (Fsp3) is 0.306. The quantitative estimate of drug-likeness (QED) is 0.256. The van der Waals surface area contributed by atoms with Crippen LogP contribution in [0.25, 0.3) is 22.4 Å². The molecule has 48 heavy (non-hydrogen) atoms. The van der Waals surface area contributed by atoms with Crippen LogP contribution in [0.3, 0.4) is 0 Å². The Balaban J connectivity index is 1.27. The van der Waals surface area contributed by atoms with Gasteiger partial charge in [-0.05, 0) is 61.7 Å². The molecule has 0 saturated heterocycles. The monoisotopic (exact) mass is 650 g/mol. The van der Waals surface area contributed by atoms with E-state index >= 15 is 0 Å². The standard InChI is InChI=1S/C36H38N6O6/c1-23-30-22-39-34(44)29(18-26-21-38-28-10-4-3-9-27(26)28)40-33(43)11-6-15-42(36(45)25-8-5-14-37-20-25)16-7-17-47-31-13-12-24(19-32(31)46-2)35(41-30)48-23/h3-5,8-10,12-14,19-21,29,38H,6-7,11,15-18,22H2,1-2H3,(H,39,44)(H,40,43)/t29-/m0/s1. The molecule has 5 aromatic rings. The van der Waals surface area contributed by atoms with Crippen molar-refractivity contribution in [1.82, 2.24) is 30.5 Å². The molecule has 2 aliphatic rings. The second-order valence-electron chi connectivity index (χ2n) is 11.6. The van der Waals surface area contributed by atoms with Gasteiger partial charge in [-0.1, -0.05) is 18.2 Å². The molecule has 1 atom stereocenters. The third-order valence-electron chi connectivity index (χ3n) is 8.34. The Bertz CT molecular complexity index is 1900. The Morgan fingerprint density at radius 3 is 2.77 bits per heavy atom. The molecule has 3 aromatic heterocycles. The molecule has 5 heterocycles. The van der Waals surface area contributed by atoms with Crippen molar-refractivity contribution in [3.8, 4) is 23.0 Å². The van der Waals surface area contributed by atoms with Crippen LogP contribution in [0.1, 0.15) is 46.6 Å². The van der Waals surface area contributed by atoms with E-state index in [1.54, 1.807) is 49.4 Å². The molecule has 0 aliphatic carbocycles. The minimum atomic E-state index is -0.848. The molecular weight excluding hydrogens is 612 g/mol. The first-order chi connectivity index (χ1) is 23.4. The lowest BCUT2D eigenvalue weighted by Crippen LogP contribution is -2.48. The number of pyridine rings is 1. The molecule has 12 nitrogen and oxygen atoms in total. The summed E-state index contributed by atoms with van der Waals surface area (Å²) >= 11 is 0. The molecule has 7 rings (SSSR count). The number of methoxy groups -OCH3 is 1. The Kier molecular flexibility index (Phi) is 9.99. The molecule has 3 N–H and O–H groups in total. The number of benzene rings is 2. The molecule has 3 amide bonds. The number of para-hydroxylation sites is 1. The van der Waals surface area contributed by atoms with Crippen molar-refractivity contribution in [2.24, 2.45) is 0 Å². The van der Waals surface area contributed by atoms with E-state index in [9.17, 15) is 14.4 Å². The highest BCUT2D eigenvalue weighted by Crippen LogP contribution is 2.33. The molecule has 4 bridgehead atoms. The lowest BCUT2D eigenvalue weighted by atomic mass is 10.0. The van der Waals surface area contributed by atoms with Gasteiger partial charge in [0.05, 0.1) is 25.8 Å². The third-order valence-corrected chi connectivity index (χ3v) is 8.34. The number of oxazole rings is 1. The van der Waals surface area contributed by atoms with Gasteiger partial charge in [-0.2, -0.15) is 0 Å². The number of nitrogens with one attached hydrogen (secondary N) is 3. The summed E-state index contributed by atoms with van der Waals surface area (Å²) in [6.07, 6.45) is 6.35. The minimum absolute atomic E-state index is 0.109. The number of carbonyl (C=O) groups excluding carboxylic acids is 3. The molecule has 2 aromatic carbocycles. The van der Waals surface area contributed by atoms with Crippen molar-refractivity contribution in [3.05, 3.63) is 95.8 Å². The number of nitrogens with zero attached hydrogens (tertiary/aromatic N) is 3. The van der Waals surface area contributed by atoms with Gasteiger partial charge in [-0.15, -0.1) is 0 Å². The van der Waals surface area contributed by atoms with Crippen LogP contribution in [0.15, 0.2) is 77.6 Å². The van der Waals surface area contributed by atoms with E-state index in [-0.39, 0.29) is 37.1 Å². The van der Waals surface area contributed by atoms with Gasteiger partial charge in [0.15, 0.2) is 11.5 Å². The number of aromatic nitrogens is 3. The second kappa shape index (κ2) is 14.8. The number of amides is 3. The van der Waals surface area contributed by atoms with Crippen LogP contribution < -0.4 is 20.1 Å². The normalized spacial score (nSPS) is 16.5. The minimum Gasteiger partial charge on any atom is -0.493 e. The van der Waals surface area contributed by atoms with Gasteiger partial charge in [0.1, 0.15) is 17.5 Å². The van der Waals surface area contributed by atoms with Crippen molar-refractivity contribution < 1.29 is 28.3 Å². The van der Waals surface area contributed by atoms with E-state index in [1.807, 2.05) is 36.5 Å². The highest BCUT2D eigenvalue weighted by atomic mass is 16.5. The predicted molar refractivity (Wildman–Crippen MR) is 178 cm³/mol. The zero-order chi connectivity index (χ0) is 33.5. The maximum atomic E-state index is 13.7. The van der Waals surface area contributed by atoms with Gasteiger partial charge < -0.3 is 34.4 Å². The number of aromatic amines is 1. The van der Waals surface area contributed by atoms with Crippen molar-refractivity contribution in [3.63, 3.8) is 0 Å². The van der Waals surface area contributed by atoms with Crippen LogP contribution in [-0.4, -0.2) is 70.4 Å². The van der Waals surface area contributed by atoms with Crippen LogP contribution in [-0.2, 0) is 22.6 Å². The molecule has 0 unspecified atom stereocenters. The lowest BCUT2D eigenvalue weighted by Gasteiger charge is -2.23. The third kappa shape index (κ3) is 7.49. The molecule has 12 heteroatoms. The van der Waals surface area contributed by atoms with E-state index < -0.39 is 6.04 Å². The van der Waals surface area contributed by atoms with Gasteiger partial charge in [-0.25, -0.2) is 4.98 Å². The van der Waals surface area contributed by atoms with Crippen molar-refractivity contribution in [2.75, 3.05) is 26.8 Å². The summed E-state index contributed by atoms with van der Waals surface area (Å²) in [7, 11) is 1.56. The SMILES string of the molecule is COc1cc2ccc1OCCCN(C(=O)c1cccnc1)CCCC(=O)N[C@@H](Cc1c[nH]c3ccccc13)C(=O)NCc1nc-2oc1C. The van der Waals surface area contributed by atoms with Crippen molar-refractivity contribution in [2.45, 2.75) is 45.2 Å². The average Bonchev–Trinajstić information content (AvgIpc) is 3.70. The summed E-state index contributed by atoms with van der Waals surface area (Å²) in [6, 6.07) is 15.8. The van der Waals surface area contributed by atoms with Gasteiger partial charge in [0, 0.05) is 61.0 Å². The maximum Gasteiger partial charge on any atom is 0.255 e. The summed E-state index contributed by atoms with van der Waals surface area (Å²) < 4.78 is 17.6. The lowest BCUT2D eigenvalue weighted by molar-refractivity contribution is -0.129. The molecule has 2 aliphatic heterocycles. The Morgan fingerprint density at radius 2 is 1.94 bits per heavy atom. The molecule has 0 fully saturated rings. The van der Waals surface area contributed by atoms with Crippen LogP contribution >= 0.6 is 0 Å². The molecule has 0 radical (unpaired) electrons. The number of carbonyl (C=O) groups is 3. The number of fused-ring (bicyclic) bond motifs is 16. The molecule has 248 valence electrons. The summed E-state index contributed by atoms with van der Waals surface area (Å²) in [6.45, 7) is 2.97. The number of hydrogen-bond acceptors (Lipinski definition) is 8. The van der Waals surface area contributed by atoms with Crippen LogP contribution in [0.5, 0.6) is 11.5 Å².